The van der Waals surface area contributed by atoms with E-state index in [-0.39, 0.29) is 6.01 Å². The molecular formula is C17H22N6O2. The summed E-state index contributed by atoms with van der Waals surface area (Å²) in [5.74, 6) is 0.524. The summed E-state index contributed by atoms with van der Waals surface area (Å²) in [6.45, 7) is 5.80. The lowest BCUT2D eigenvalue weighted by Crippen LogP contribution is -2.22. The number of rotatable bonds is 6. The molecule has 2 amide bonds. The molecule has 2 aromatic rings. The molecule has 0 aromatic carbocycles. The van der Waals surface area contributed by atoms with Crippen molar-refractivity contribution >= 4 is 17.5 Å². The Balaban J connectivity index is 2.60. The van der Waals surface area contributed by atoms with Crippen molar-refractivity contribution in [3.8, 4) is 17.3 Å². The summed E-state index contributed by atoms with van der Waals surface area (Å²) in [7, 11) is 1.50. The third kappa shape index (κ3) is 4.03. The topological polar surface area (TPSA) is 108 Å². The molecule has 2 heterocycles. The van der Waals surface area contributed by atoms with E-state index in [2.05, 4.69) is 20.4 Å². The lowest BCUT2D eigenvalue weighted by Gasteiger charge is -2.10. The number of anilines is 1. The van der Waals surface area contributed by atoms with Gasteiger partial charge in [-0.3, -0.25) is 5.32 Å². The predicted molar refractivity (Wildman–Crippen MR) is 97.1 cm³/mol. The van der Waals surface area contributed by atoms with Gasteiger partial charge in [0, 0.05) is 29.2 Å². The van der Waals surface area contributed by atoms with Crippen LogP contribution in [0.2, 0.25) is 0 Å². The lowest BCUT2D eigenvalue weighted by atomic mass is 10.1. The number of ether oxygens (including phenoxy) is 1. The van der Waals surface area contributed by atoms with Crippen LogP contribution in [0, 0.1) is 6.92 Å². The minimum atomic E-state index is -0.650. The average molecular weight is 342 g/mol. The predicted octanol–water partition coefficient (Wildman–Crippen LogP) is 2.97. The maximum atomic E-state index is 11.4. The molecule has 0 fully saturated rings. The highest BCUT2D eigenvalue weighted by molar-refractivity contribution is 5.90. The Morgan fingerprint density at radius 3 is 2.60 bits per heavy atom. The molecule has 0 atom stereocenters. The van der Waals surface area contributed by atoms with Crippen LogP contribution in [0.5, 0.6) is 6.01 Å². The number of carbonyl (C=O) groups is 1. The summed E-state index contributed by atoms with van der Waals surface area (Å²) >= 11 is 0. The van der Waals surface area contributed by atoms with E-state index in [1.165, 1.54) is 7.11 Å². The summed E-state index contributed by atoms with van der Waals surface area (Å²) in [5, 5.41) is 7.29. The van der Waals surface area contributed by atoms with Gasteiger partial charge in [-0.25, -0.2) is 19.4 Å². The zero-order valence-electron chi connectivity index (χ0n) is 14.8. The molecule has 0 bridgehead atoms. The third-order valence-corrected chi connectivity index (χ3v) is 3.56. The highest BCUT2D eigenvalue weighted by Gasteiger charge is 2.19. The fourth-order valence-corrected chi connectivity index (χ4v) is 2.33. The molecule has 0 aliphatic carbocycles. The van der Waals surface area contributed by atoms with E-state index >= 15 is 0 Å². The summed E-state index contributed by atoms with van der Waals surface area (Å²) in [4.78, 5) is 19.6. The van der Waals surface area contributed by atoms with Crippen molar-refractivity contribution in [1.29, 1.82) is 0 Å². The monoisotopic (exact) mass is 342 g/mol. The van der Waals surface area contributed by atoms with E-state index in [1.54, 1.807) is 17.1 Å². The molecule has 0 radical (unpaired) electrons. The Hall–Kier alpha value is -3.16. The van der Waals surface area contributed by atoms with Gasteiger partial charge in [0.2, 0.25) is 0 Å². The quantitative estimate of drug-likeness (QED) is 0.785. The van der Waals surface area contributed by atoms with Gasteiger partial charge in [0.1, 0.15) is 11.5 Å². The number of methoxy groups -OCH3 is 1. The maximum Gasteiger partial charge on any atom is 0.317 e. The first-order chi connectivity index (χ1) is 12.0. The molecule has 2 rings (SSSR count). The largest absolute Gasteiger partial charge is 0.467 e. The Morgan fingerprint density at radius 1 is 1.40 bits per heavy atom. The van der Waals surface area contributed by atoms with Crippen molar-refractivity contribution in [2.75, 3.05) is 12.4 Å². The second-order valence-electron chi connectivity index (χ2n) is 5.22. The summed E-state index contributed by atoms with van der Waals surface area (Å²) in [6.07, 6.45) is 9.75. The average Bonchev–Trinajstić information content (AvgIpc) is 2.92. The van der Waals surface area contributed by atoms with Gasteiger partial charge in [-0.05, 0) is 26.3 Å². The van der Waals surface area contributed by atoms with Crippen LogP contribution >= 0.6 is 0 Å². The Labute approximate surface area is 146 Å². The molecule has 0 spiro atoms. The van der Waals surface area contributed by atoms with E-state index in [0.717, 1.165) is 17.7 Å². The number of primary amides is 1. The molecule has 132 valence electrons. The minimum absolute atomic E-state index is 0.276. The van der Waals surface area contributed by atoms with Crippen LogP contribution < -0.4 is 15.8 Å². The molecule has 0 saturated heterocycles. The van der Waals surface area contributed by atoms with Gasteiger partial charge in [-0.15, -0.1) is 0 Å². The van der Waals surface area contributed by atoms with E-state index in [0.29, 0.717) is 17.1 Å². The first kappa shape index (κ1) is 18.2. The highest BCUT2D eigenvalue weighted by atomic mass is 16.5. The highest BCUT2D eigenvalue weighted by Crippen LogP contribution is 2.30. The number of allylic oxidation sites excluding steroid dienone is 4. The zero-order valence-corrected chi connectivity index (χ0v) is 14.8. The normalized spacial score (nSPS) is 11.8. The number of urea groups is 1. The fourth-order valence-electron chi connectivity index (χ4n) is 2.33. The second kappa shape index (κ2) is 8.09. The van der Waals surface area contributed by atoms with E-state index in [4.69, 9.17) is 10.5 Å². The van der Waals surface area contributed by atoms with Gasteiger partial charge in [0.15, 0.2) is 0 Å². The van der Waals surface area contributed by atoms with Gasteiger partial charge in [-0.2, -0.15) is 5.10 Å². The van der Waals surface area contributed by atoms with Gasteiger partial charge < -0.3 is 10.5 Å². The zero-order chi connectivity index (χ0) is 18.4. The van der Waals surface area contributed by atoms with Crippen LogP contribution in [0.3, 0.4) is 0 Å². The lowest BCUT2D eigenvalue weighted by molar-refractivity contribution is 0.259. The number of hydrogen-bond donors (Lipinski definition) is 2. The fraction of sp³-hybridized carbons (Fsp3) is 0.294. The number of nitrogens with one attached hydrogen (secondary N) is 1. The molecular weight excluding hydrogens is 320 g/mol. The van der Waals surface area contributed by atoms with Gasteiger partial charge in [0.05, 0.1) is 7.11 Å². The van der Waals surface area contributed by atoms with Crippen molar-refractivity contribution in [1.82, 2.24) is 19.7 Å². The van der Waals surface area contributed by atoms with Crippen LogP contribution in [-0.4, -0.2) is 32.9 Å². The number of aromatic nitrogens is 4. The van der Waals surface area contributed by atoms with Gasteiger partial charge in [0.25, 0.3) is 0 Å². The molecule has 8 heteroatoms. The van der Waals surface area contributed by atoms with Crippen LogP contribution in [0.1, 0.15) is 25.8 Å². The van der Waals surface area contributed by atoms with Crippen molar-refractivity contribution in [2.45, 2.75) is 27.2 Å². The first-order valence-corrected chi connectivity index (χ1v) is 7.86. The number of amides is 2. The van der Waals surface area contributed by atoms with Crippen LogP contribution in [0.4, 0.5) is 10.6 Å². The van der Waals surface area contributed by atoms with Crippen LogP contribution in [0.25, 0.3) is 17.0 Å². The van der Waals surface area contributed by atoms with Crippen molar-refractivity contribution in [3.05, 3.63) is 36.2 Å². The van der Waals surface area contributed by atoms with Crippen molar-refractivity contribution in [3.63, 3.8) is 0 Å². The minimum Gasteiger partial charge on any atom is -0.467 e. The second-order valence-corrected chi connectivity index (χ2v) is 5.22. The van der Waals surface area contributed by atoms with Crippen LogP contribution in [0.15, 0.2) is 30.6 Å². The molecule has 2 aromatic heterocycles. The Bertz CT molecular complexity index is 805. The molecule has 0 saturated carbocycles. The molecule has 0 aliphatic rings. The molecule has 3 N–H and O–H groups in total. The number of nitrogens with two attached hydrogens (primary N) is 1. The van der Waals surface area contributed by atoms with Gasteiger partial charge in [-0.1, -0.05) is 19.1 Å². The van der Waals surface area contributed by atoms with E-state index in [9.17, 15) is 4.79 Å². The summed E-state index contributed by atoms with van der Waals surface area (Å²) < 4.78 is 6.66. The summed E-state index contributed by atoms with van der Waals surface area (Å²) in [5.41, 5.74) is 8.38. The third-order valence-electron chi connectivity index (χ3n) is 3.56. The standard InChI is InChI=1S/C17H22N6O2/c1-5-7-8-13(6-2)23-15(21-16(18)24)11(3)14(22-23)12-9-19-17(25-4)20-10-12/h5,7-10H,6H2,1-4H3,(H3,18,21,24)/b7-5-,13-8+. The molecule has 0 aliphatic heterocycles. The number of carbonyl (C=O) groups excluding carboxylic acids is 1. The SMILES string of the molecule is C/C=C\C=C(/CC)n1nc(-c2cnc(OC)nc2)c(C)c1NC(N)=O. The van der Waals surface area contributed by atoms with Crippen molar-refractivity contribution < 1.29 is 9.53 Å². The molecule has 0 unspecified atom stereocenters. The van der Waals surface area contributed by atoms with E-state index < -0.39 is 6.03 Å². The maximum absolute atomic E-state index is 11.4. The Kier molecular flexibility index (Phi) is 5.89. The molecule has 8 nitrogen and oxygen atoms in total. The Morgan fingerprint density at radius 2 is 2.08 bits per heavy atom. The number of nitrogens with zero attached hydrogens (tertiary/aromatic N) is 4. The smallest absolute Gasteiger partial charge is 0.317 e. The van der Waals surface area contributed by atoms with Gasteiger partial charge >= 0.3 is 12.0 Å². The van der Waals surface area contributed by atoms with E-state index in [1.807, 2.05) is 39.0 Å². The van der Waals surface area contributed by atoms with Crippen LogP contribution in [-0.2, 0) is 0 Å². The van der Waals surface area contributed by atoms with Crippen molar-refractivity contribution in [2.24, 2.45) is 5.73 Å². The summed E-state index contributed by atoms with van der Waals surface area (Å²) in [6, 6.07) is -0.373. The number of hydrogen-bond acceptors (Lipinski definition) is 5. The first-order valence-electron chi connectivity index (χ1n) is 7.86. The molecule has 25 heavy (non-hydrogen) atoms.